The molecule has 1 fully saturated rings. The minimum Gasteiger partial charge on any atom is -0.358 e. The highest BCUT2D eigenvalue weighted by Gasteiger charge is 2.27. The predicted octanol–water partition coefficient (Wildman–Crippen LogP) is 2.74. The summed E-state index contributed by atoms with van der Waals surface area (Å²) in [4.78, 5) is 18.5. The molecule has 1 aliphatic heterocycles. The van der Waals surface area contributed by atoms with E-state index in [1.54, 1.807) is 12.1 Å². The minimum atomic E-state index is -3.68. The van der Waals surface area contributed by atoms with Crippen molar-refractivity contribution in [3.63, 3.8) is 0 Å². The minimum absolute atomic E-state index is 0.0234. The van der Waals surface area contributed by atoms with Crippen LogP contribution in [0.2, 0.25) is 0 Å². The monoisotopic (exact) mass is 454 g/mol. The van der Waals surface area contributed by atoms with Crippen LogP contribution < -0.4 is 10.5 Å². The van der Waals surface area contributed by atoms with Crippen LogP contribution in [0.1, 0.15) is 36.9 Å². The Hall–Kier alpha value is -2.68. The van der Waals surface area contributed by atoms with E-state index >= 15 is 0 Å². The molecule has 1 amide bonds. The molecule has 0 radical (unpaired) electrons. The van der Waals surface area contributed by atoms with Gasteiger partial charge in [-0.15, -0.1) is 0 Å². The zero-order valence-electron chi connectivity index (χ0n) is 18.3. The molecule has 2 aromatic carbocycles. The Bertz CT molecular complexity index is 1150. The lowest BCUT2D eigenvalue weighted by Gasteiger charge is -2.35. The molecule has 8 heteroatoms. The number of aromatic nitrogens is 1. The Labute approximate surface area is 189 Å². The van der Waals surface area contributed by atoms with Gasteiger partial charge >= 0.3 is 0 Å². The Kier molecular flexibility index (Phi) is 6.64. The summed E-state index contributed by atoms with van der Waals surface area (Å²) in [5.41, 5.74) is 3.41. The largest absolute Gasteiger partial charge is 0.358 e. The van der Waals surface area contributed by atoms with Gasteiger partial charge in [0.05, 0.1) is 10.9 Å². The van der Waals surface area contributed by atoms with Crippen molar-refractivity contribution in [1.29, 1.82) is 0 Å². The molecule has 1 unspecified atom stereocenters. The maximum atomic E-state index is 12.6. The molecule has 0 bridgehead atoms. The number of nitrogens with two attached hydrogens (primary N) is 1. The van der Waals surface area contributed by atoms with Gasteiger partial charge in [0, 0.05) is 23.7 Å². The molecule has 0 saturated carbocycles. The number of hydrogen-bond acceptors (Lipinski definition) is 4. The van der Waals surface area contributed by atoms with Crippen LogP contribution in [0.15, 0.2) is 59.5 Å². The number of aromatic amines is 1. The third kappa shape index (κ3) is 5.20. The number of likely N-dealkylation sites (tertiary alicyclic amines) is 1. The summed E-state index contributed by atoms with van der Waals surface area (Å²) in [6.07, 6.45) is 2.69. The van der Waals surface area contributed by atoms with Crippen LogP contribution in [0.5, 0.6) is 0 Å². The summed E-state index contributed by atoms with van der Waals surface area (Å²) in [5, 5.41) is 9.37. The number of hydrogen-bond donors (Lipinski definition) is 3. The van der Waals surface area contributed by atoms with Gasteiger partial charge in [-0.3, -0.25) is 9.69 Å². The number of carbonyl (C=O) groups is 1. The van der Waals surface area contributed by atoms with E-state index in [0.29, 0.717) is 18.9 Å². The van der Waals surface area contributed by atoms with Crippen LogP contribution in [-0.4, -0.2) is 49.9 Å². The van der Waals surface area contributed by atoms with E-state index in [1.807, 2.05) is 13.0 Å². The molecule has 170 valence electrons. The third-order valence-electron chi connectivity index (χ3n) is 6.41. The number of primary sulfonamides is 1. The summed E-state index contributed by atoms with van der Waals surface area (Å²) in [6, 6.07) is 16.9. The van der Waals surface area contributed by atoms with E-state index in [0.717, 1.165) is 31.5 Å². The van der Waals surface area contributed by atoms with Crippen LogP contribution in [-0.2, 0) is 21.2 Å². The number of piperidine rings is 1. The fourth-order valence-corrected chi connectivity index (χ4v) is 4.92. The SMILES string of the molecule is CC(C(=O)NCCc1ccc(S(N)(=O)=O)cc1)N1CCC(c2cc3ccccc3[nH]2)CC1. The second-order valence-electron chi connectivity index (χ2n) is 8.53. The summed E-state index contributed by atoms with van der Waals surface area (Å²) >= 11 is 0. The second kappa shape index (κ2) is 9.44. The molecular weight excluding hydrogens is 424 g/mol. The maximum Gasteiger partial charge on any atom is 0.238 e. The van der Waals surface area contributed by atoms with Crippen LogP contribution in [0.3, 0.4) is 0 Å². The number of nitrogens with one attached hydrogen (secondary N) is 2. The fourth-order valence-electron chi connectivity index (χ4n) is 4.40. The molecule has 32 heavy (non-hydrogen) atoms. The Morgan fingerprint density at radius 1 is 1.16 bits per heavy atom. The number of benzene rings is 2. The summed E-state index contributed by atoms with van der Waals surface area (Å²) in [6.45, 7) is 4.25. The van der Waals surface area contributed by atoms with Crippen molar-refractivity contribution < 1.29 is 13.2 Å². The van der Waals surface area contributed by atoms with Crippen molar-refractivity contribution in [3.05, 3.63) is 65.9 Å². The molecule has 7 nitrogen and oxygen atoms in total. The van der Waals surface area contributed by atoms with E-state index < -0.39 is 10.0 Å². The van der Waals surface area contributed by atoms with Gasteiger partial charge in [0.2, 0.25) is 15.9 Å². The molecule has 0 aliphatic carbocycles. The van der Waals surface area contributed by atoms with Crippen LogP contribution in [0.4, 0.5) is 0 Å². The highest BCUT2D eigenvalue weighted by molar-refractivity contribution is 7.89. The highest BCUT2D eigenvalue weighted by atomic mass is 32.2. The lowest BCUT2D eigenvalue weighted by molar-refractivity contribution is -0.126. The van der Waals surface area contributed by atoms with Crippen molar-refractivity contribution in [2.75, 3.05) is 19.6 Å². The van der Waals surface area contributed by atoms with Gasteiger partial charge in [-0.05, 0) is 74.5 Å². The van der Waals surface area contributed by atoms with Crippen molar-refractivity contribution >= 4 is 26.8 Å². The topological polar surface area (TPSA) is 108 Å². The van der Waals surface area contributed by atoms with Crippen LogP contribution >= 0.6 is 0 Å². The van der Waals surface area contributed by atoms with Crippen LogP contribution in [0, 0.1) is 0 Å². The first kappa shape index (κ1) is 22.5. The number of rotatable bonds is 7. The van der Waals surface area contributed by atoms with E-state index in [4.69, 9.17) is 5.14 Å². The van der Waals surface area contributed by atoms with Crippen molar-refractivity contribution in [1.82, 2.24) is 15.2 Å². The standard InChI is InChI=1S/C24H30N4O3S/c1-17(24(29)26-13-10-18-6-8-21(9-7-18)32(25,30)31)28-14-11-19(12-15-28)23-16-20-4-2-3-5-22(20)27-23/h2-9,16-17,19,27H,10-15H2,1H3,(H,26,29)(H2,25,30,31). The molecule has 1 atom stereocenters. The Morgan fingerprint density at radius 2 is 1.84 bits per heavy atom. The van der Waals surface area contributed by atoms with Crippen LogP contribution in [0.25, 0.3) is 10.9 Å². The van der Waals surface area contributed by atoms with Gasteiger partial charge < -0.3 is 10.3 Å². The summed E-state index contributed by atoms with van der Waals surface area (Å²) in [5.74, 6) is 0.518. The number of amides is 1. The van der Waals surface area contributed by atoms with Gasteiger partial charge in [0.25, 0.3) is 0 Å². The fraction of sp³-hybridized carbons (Fsp3) is 0.375. The van der Waals surface area contributed by atoms with Crippen molar-refractivity contribution in [3.8, 4) is 0 Å². The Morgan fingerprint density at radius 3 is 2.50 bits per heavy atom. The van der Waals surface area contributed by atoms with E-state index in [1.165, 1.54) is 28.7 Å². The first-order valence-electron chi connectivity index (χ1n) is 11.0. The van der Waals surface area contributed by atoms with E-state index in [9.17, 15) is 13.2 Å². The number of nitrogens with zero attached hydrogens (tertiary/aromatic N) is 1. The molecule has 3 aromatic rings. The van der Waals surface area contributed by atoms with Crippen molar-refractivity contribution in [2.45, 2.75) is 43.0 Å². The zero-order chi connectivity index (χ0) is 22.7. The molecule has 0 spiro atoms. The lowest BCUT2D eigenvalue weighted by atomic mass is 9.92. The first-order chi connectivity index (χ1) is 15.3. The smallest absolute Gasteiger partial charge is 0.238 e. The van der Waals surface area contributed by atoms with Gasteiger partial charge in [-0.1, -0.05) is 30.3 Å². The normalized spacial score (nSPS) is 16.8. The average Bonchev–Trinajstić information content (AvgIpc) is 3.23. The highest BCUT2D eigenvalue weighted by Crippen LogP contribution is 2.30. The number of carbonyl (C=O) groups excluding carboxylic acids is 1. The quantitative estimate of drug-likeness (QED) is 0.510. The van der Waals surface area contributed by atoms with E-state index in [-0.39, 0.29) is 16.8 Å². The molecule has 1 aromatic heterocycles. The van der Waals surface area contributed by atoms with Gasteiger partial charge in [-0.25, -0.2) is 13.6 Å². The molecule has 1 saturated heterocycles. The number of sulfonamides is 1. The summed E-state index contributed by atoms with van der Waals surface area (Å²) in [7, 11) is -3.68. The molecule has 2 heterocycles. The van der Waals surface area contributed by atoms with E-state index in [2.05, 4.69) is 39.5 Å². The lowest BCUT2D eigenvalue weighted by Crippen LogP contribution is -2.48. The Balaban J connectivity index is 1.24. The zero-order valence-corrected chi connectivity index (χ0v) is 19.1. The number of H-pyrrole nitrogens is 1. The predicted molar refractivity (Wildman–Crippen MR) is 126 cm³/mol. The first-order valence-corrected chi connectivity index (χ1v) is 12.6. The molecular formula is C24H30N4O3S. The van der Waals surface area contributed by atoms with Gasteiger partial charge in [-0.2, -0.15) is 0 Å². The number of fused-ring (bicyclic) bond motifs is 1. The third-order valence-corrected chi connectivity index (χ3v) is 7.34. The number of para-hydroxylation sites is 1. The molecule has 4 N–H and O–H groups in total. The molecule has 4 rings (SSSR count). The molecule has 1 aliphatic rings. The average molecular weight is 455 g/mol. The maximum absolute atomic E-state index is 12.6. The second-order valence-corrected chi connectivity index (χ2v) is 10.1. The van der Waals surface area contributed by atoms with Gasteiger partial charge in [0.15, 0.2) is 0 Å². The summed E-state index contributed by atoms with van der Waals surface area (Å²) < 4.78 is 22.7. The van der Waals surface area contributed by atoms with Gasteiger partial charge in [0.1, 0.15) is 0 Å². The van der Waals surface area contributed by atoms with Crippen molar-refractivity contribution in [2.24, 2.45) is 5.14 Å².